The topological polar surface area (TPSA) is 68.7 Å². The normalized spacial score (nSPS) is 11.5. The van der Waals surface area contributed by atoms with Crippen LogP contribution in [0.1, 0.15) is 18.2 Å². The molecule has 6 heteroatoms. The number of pyridine rings is 1. The summed E-state index contributed by atoms with van der Waals surface area (Å²) in [5, 5.41) is 0. The van der Waals surface area contributed by atoms with Crippen molar-refractivity contribution in [3.63, 3.8) is 0 Å². The Morgan fingerprint density at radius 2 is 1.88 bits per heavy atom. The van der Waals surface area contributed by atoms with Gasteiger partial charge in [0.05, 0.1) is 25.3 Å². The van der Waals surface area contributed by atoms with Crippen molar-refractivity contribution in [2.75, 3.05) is 20.3 Å². The number of aryl methyl sites for hydroxylation is 1. The third kappa shape index (κ3) is 5.88. The lowest BCUT2D eigenvalue weighted by Crippen LogP contribution is -2.39. The van der Waals surface area contributed by atoms with Crippen molar-refractivity contribution in [2.24, 2.45) is 5.92 Å². The van der Waals surface area contributed by atoms with E-state index in [1.807, 2.05) is 49.4 Å². The molecule has 138 valence electrons. The van der Waals surface area contributed by atoms with Crippen LogP contribution in [0.4, 0.5) is 0 Å². The molecule has 1 aromatic heterocycles. The standard InChI is InChI=1S/C20H24N2O4/c1-15-7-9-18(10-8-15)26-14-19(23)22(12-16(2)20(24)25-3)13-17-6-4-5-11-21-17/h4-11,16H,12-14H2,1-3H3. The first kappa shape index (κ1) is 19.4. The van der Waals surface area contributed by atoms with E-state index in [1.54, 1.807) is 18.0 Å². The van der Waals surface area contributed by atoms with Gasteiger partial charge in [0.2, 0.25) is 0 Å². The van der Waals surface area contributed by atoms with Crippen LogP contribution in [0.5, 0.6) is 5.75 Å². The number of rotatable bonds is 8. The Labute approximate surface area is 153 Å². The SMILES string of the molecule is COC(=O)C(C)CN(Cc1ccccn1)C(=O)COc1ccc(C)cc1. The maximum Gasteiger partial charge on any atom is 0.310 e. The lowest BCUT2D eigenvalue weighted by Gasteiger charge is -2.25. The van der Waals surface area contributed by atoms with E-state index in [2.05, 4.69) is 4.98 Å². The van der Waals surface area contributed by atoms with Gasteiger partial charge < -0.3 is 14.4 Å². The molecule has 2 rings (SSSR count). The minimum Gasteiger partial charge on any atom is -0.484 e. The number of ether oxygens (including phenoxy) is 2. The third-order valence-electron chi connectivity index (χ3n) is 3.91. The first-order valence-electron chi connectivity index (χ1n) is 8.44. The van der Waals surface area contributed by atoms with Crippen LogP contribution in [0.2, 0.25) is 0 Å². The predicted octanol–water partition coefficient (Wildman–Crippen LogP) is 2.61. The molecular formula is C20H24N2O4. The highest BCUT2D eigenvalue weighted by molar-refractivity contribution is 5.79. The summed E-state index contributed by atoms with van der Waals surface area (Å²) >= 11 is 0. The number of aromatic nitrogens is 1. The van der Waals surface area contributed by atoms with Crippen LogP contribution >= 0.6 is 0 Å². The number of esters is 1. The number of carbonyl (C=O) groups excluding carboxylic acids is 2. The Balaban J connectivity index is 2.04. The Kier molecular flexibility index (Phi) is 7.14. The molecule has 1 atom stereocenters. The molecule has 2 aromatic rings. The van der Waals surface area contributed by atoms with Gasteiger partial charge in [0, 0.05) is 12.7 Å². The average molecular weight is 356 g/mol. The molecule has 1 heterocycles. The summed E-state index contributed by atoms with van der Waals surface area (Å²) in [7, 11) is 1.34. The summed E-state index contributed by atoms with van der Waals surface area (Å²) in [6.45, 7) is 4.14. The highest BCUT2D eigenvalue weighted by Crippen LogP contribution is 2.13. The second-order valence-corrected chi connectivity index (χ2v) is 6.12. The summed E-state index contributed by atoms with van der Waals surface area (Å²) in [5.74, 6) is -0.384. The van der Waals surface area contributed by atoms with Crippen LogP contribution in [0.3, 0.4) is 0 Å². The van der Waals surface area contributed by atoms with Gasteiger partial charge >= 0.3 is 5.97 Å². The van der Waals surface area contributed by atoms with Crippen LogP contribution in [0, 0.1) is 12.8 Å². The van der Waals surface area contributed by atoms with Crippen molar-refractivity contribution < 1.29 is 19.1 Å². The number of amides is 1. The fraction of sp³-hybridized carbons (Fsp3) is 0.350. The zero-order chi connectivity index (χ0) is 18.9. The smallest absolute Gasteiger partial charge is 0.310 e. The number of hydrogen-bond donors (Lipinski definition) is 0. The van der Waals surface area contributed by atoms with Gasteiger partial charge in [0.15, 0.2) is 6.61 Å². The van der Waals surface area contributed by atoms with Gasteiger partial charge in [-0.15, -0.1) is 0 Å². The van der Waals surface area contributed by atoms with Gasteiger partial charge in [-0.2, -0.15) is 0 Å². The molecule has 0 saturated carbocycles. The number of hydrogen-bond acceptors (Lipinski definition) is 5. The molecule has 0 radical (unpaired) electrons. The number of carbonyl (C=O) groups is 2. The number of nitrogens with zero attached hydrogens (tertiary/aromatic N) is 2. The van der Waals surface area contributed by atoms with Crippen LogP contribution < -0.4 is 4.74 Å². The third-order valence-corrected chi connectivity index (χ3v) is 3.91. The first-order valence-corrected chi connectivity index (χ1v) is 8.44. The highest BCUT2D eigenvalue weighted by atomic mass is 16.5. The molecule has 0 bridgehead atoms. The first-order chi connectivity index (χ1) is 12.5. The van der Waals surface area contributed by atoms with E-state index in [1.165, 1.54) is 7.11 Å². The Morgan fingerprint density at radius 1 is 1.15 bits per heavy atom. The van der Waals surface area contributed by atoms with E-state index in [4.69, 9.17) is 9.47 Å². The molecule has 0 N–H and O–H groups in total. The molecule has 0 aliphatic heterocycles. The minimum absolute atomic E-state index is 0.107. The van der Waals surface area contributed by atoms with E-state index in [9.17, 15) is 9.59 Å². The van der Waals surface area contributed by atoms with Crippen molar-refractivity contribution in [1.82, 2.24) is 9.88 Å². The molecule has 1 unspecified atom stereocenters. The summed E-state index contributed by atoms with van der Waals surface area (Å²) < 4.78 is 10.3. The minimum atomic E-state index is -0.438. The Bertz CT molecular complexity index is 716. The van der Waals surface area contributed by atoms with E-state index >= 15 is 0 Å². The van der Waals surface area contributed by atoms with Crippen molar-refractivity contribution >= 4 is 11.9 Å². The van der Waals surface area contributed by atoms with Gasteiger partial charge in [-0.1, -0.05) is 30.7 Å². The maximum atomic E-state index is 12.7. The predicted molar refractivity (Wildman–Crippen MR) is 97.5 cm³/mol. The van der Waals surface area contributed by atoms with Gasteiger partial charge in [0.1, 0.15) is 5.75 Å². The maximum absolute atomic E-state index is 12.7. The lowest BCUT2D eigenvalue weighted by molar-refractivity contribution is -0.147. The Hall–Kier alpha value is -2.89. The molecule has 0 spiro atoms. The van der Waals surface area contributed by atoms with Gasteiger partial charge in [-0.3, -0.25) is 14.6 Å². The quantitative estimate of drug-likeness (QED) is 0.680. The van der Waals surface area contributed by atoms with Crippen molar-refractivity contribution in [2.45, 2.75) is 20.4 Å². The van der Waals surface area contributed by atoms with Gasteiger partial charge in [0.25, 0.3) is 5.91 Å². The van der Waals surface area contributed by atoms with Crippen molar-refractivity contribution in [3.8, 4) is 5.75 Å². The molecule has 1 aromatic carbocycles. The summed E-state index contributed by atoms with van der Waals surface area (Å²) in [6.07, 6.45) is 1.67. The second kappa shape index (κ2) is 9.56. The largest absolute Gasteiger partial charge is 0.484 e. The molecule has 0 saturated heterocycles. The fourth-order valence-electron chi connectivity index (χ4n) is 2.42. The van der Waals surface area contributed by atoms with Gasteiger partial charge in [-0.25, -0.2) is 0 Å². The average Bonchev–Trinajstić information content (AvgIpc) is 2.66. The second-order valence-electron chi connectivity index (χ2n) is 6.12. The van der Waals surface area contributed by atoms with Crippen molar-refractivity contribution in [3.05, 3.63) is 59.9 Å². The Morgan fingerprint density at radius 3 is 2.50 bits per heavy atom. The molecule has 0 fully saturated rings. The van der Waals surface area contributed by atoms with E-state index < -0.39 is 5.92 Å². The molecule has 0 aliphatic carbocycles. The van der Waals surface area contributed by atoms with Crippen LogP contribution in [-0.4, -0.2) is 42.0 Å². The number of benzene rings is 1. The molecular weight excluding hydrogens is 332 g/mol. The lowest BCUT2D eigenvalue weighted by atomic mass is 10.1. The molecule has 26 heavy (non-hydrogen) atoms. The zero-order valence-corrected chi connectivity index (χ0v) is 15.3. The van der Waals surface area contributed by atoms with Crippen LogP contribution in [0.15, 0.2) is 48.7 Å². The van der Waals surface area contributed by atoms with E-state index in [0.29, 0.717) is 12.3 Å². The monoisotopic (exact) mass is 356 g/mol. The van der Waals surface area contributed by atoms with Crippen molar-refractivity contribution in [1.29, 1.82) is 0 Å². The molecule has 0 aliphatic rings. The fourth-order valence-corrected chi connectivity index (χ4v) is 2.42. The van der Waals surface area contributed by atoms with E-state index in [-0.39, 0.29) is 25.0 Å². The summed E-state index contributed by atoms with van der Waals surface area (Å²) in [4.78, 5) is 30.2. The molecule has 6 nitrogen and oxygen atoms in total. The number of methoxy groups -OCH3 is 1. The summed E-state index contributed by atoms with van der Waals surface area (Å²) in [6, 6.07) is 13.0. The van der Waals surface area contributed by atoms with Gasteiger partial charge in [-0.05, 0) is 31.2 Å². The zero-order valence-electron chi connectivity index (χ0n) is 15.3. The van der Waals surface area contributed by atoms with Crippen LogP contribution in [-0.2, 0) is 20.9 Å². The van der Waals surface area contributed by atoms with Crippen LogP contribution in [0.25, 0.3) is 0 Å². The summed E-state index contributed by atoms with van der Waals surface area (Å²) in [5.41, 5.74) is 1.86. The highest BCUT2D eigenvalue weighted by Gasteiger charge is 2.22. The molecule has 1 amide bonds. The van der Waals surface area contributed by atoms with E-state index in [0.717, 1.165) is 11.3 Å².